The highest BCUT2D eigenvalue weighted by atomic mass is 32.2. The summed E-state index contributed by atoms with van der Waals surface area (Å²) in [5, 5.41) is 15.5. The third kappa shape index (κ3) is 3.24. The van der Waals surface area contributed by atoms with Crippen LogP contribution >= 0.6 is 0 Å². The zero-order chi connectivity index (χ0) is 18.9. The van der Waals surface area contributed by atoms with Crippen molar-refractivity contribution >= 4 is 27.1 Å². The largest absolute Gasteiger partial charge is 0.277 e. The molecule has 0 heterocycles. The predicted molar refractivity (Wildman–Crippen MR) is 99.6 cm³/mol. The molecule has 0 radical (unpaired) electrons. The number of hydrazone groups is 1. The van der Waals surface area contributed by atoms with Gasteiger partial charge in [0, 0.05) is 36.9 Å². The molecule has 1 aromatic rings. The number of nitro groups is 1. The molecule has 0 aliphatic heterocycles. The number of anilines is 1. The fourth-order valence-electron chi connectivity index (χ4n) is 3.43. The molecule has 8 nitrogen and oxygen atoms in total. The first-order chi connectivity index (χ1) is 12.4. The summed E-state index contributed by atoms with van der Waals surface area (Å²) < 4.78 is 27.1. The van der Waals surface area contributed by atoms with Crippen LogP contribution in [0.3, 0.4) is 0 Å². The third-order valence-corrected chi connectivity index (χ3v) is 7.07. The number of non-ortho nitro benzene ring substituents is 1. The van der Waals surface area contributed by atoms with Crippen LogP contribution in [0.5, 0.6) is 0 Å². The maximum absolute atomic E-state index is 12.9. The van der Waals surface area contributed by atoms with Gasteiger partial charge in [0.05, 0.1) is 10.6 Å². The molecule has 1 N–H and O–H groups in total. The molecule has 2 atom stereocenters. The molecule has 9 heteroatoms. The molecule has 1 aromatic carbocycles. The van der Waals surface area contributed by atoms with E-state index in [-0.39, 0.29) is 29.4 Å². The van der Waals surface area contributed by atoms with E-state index in [9.17, 15) is 18.5 Å². The van der Waals surface area contributed by atoms with Crippen molar-refractivity contribution in [1.82, 2.24) is 4.31 Å². The number of fused-ring (bicyclic) bond motifs is 1. The van der Waals surface area contributed by atoms with Gasteiger partial charge in [-0.2, -0.15) is 9.41 Å². The lowest BCUT2D eigenvalue weighted by molar-refractivity contribution is -0.385. The summed E-state index contributed by atoms with van der Waals surface area (Å²) in [4.78, 5) is 10.4. The van der Waals surface area contributed by atoms with E-state index in [1.165, 1.54) is 16.4 Å². The number of allylic oxidation sites excluding steroid dienone is 2. The monoisotopic (exact) mass is 378 g/mol. The van der Waals surface area contributed by atoms with Crippen LogP contribution in [0.25, 0.3) is 0 Å². The van der Waals surface area contributed by atoms with E-state index in [0.717, 1.165) is 24.6 Å². The number of hydrogen-bond donors (Lipinski definition) is 1. The van der Waals surface area contributed by atoms with E-state index in [4.69, 9.17) is 0 Å². The molecule has 0 bridgehead atoms. The predicted octanol–water partition coefficient (Wildman–Crippen LogP) is 2.99. The average molecular weight is 378 g/mol. The summed E-state index contributed by atoms with van der Waals surface area (Å²) in [6.07, 6.45) is 6.14. The molecular weight excluding hydrogens is 356 g/mol. The number of rotatable bonds is 7. The molecule has 140 valence electrons. The van der Waals surface area contributed by atoms with Gasteiger partial charge in [0.15, 0.2) is 0 Å². The molecule has 26 heavy (non-hydrogen) atoms. The van der Waals surface area contributed by atoms with Gasteiger partial charge in [-0.05, 0) is 24.8 Å². The van der Waals surface area contributed by atoms with Crippen LogP contribution in [-0.2, 0) is 10.0 Å². The molecule has 2 aliphatic carbocycles. The zero-order valence-electron chi connectivity index (χ0n) is 14.8. The molecule has 0 aromatic heterocycles. The van der Waals surface area contributed by atoms with E-state index < -0.39 is 14.9 Å². The maximum atomic E-state index is 12.9. The van der Waals surface area contributed by atoms with Crippen molar-refractivity contribution in [3.8, 4) is 0 Å². The minimum atomic E-state index is -3.86. The van der Waals surface area contributed by atoms with Gasteiger partial charge < -0.3 is 0 Å². The first-order valence-electron chi connectivity index (χ1n) is 8.66. The van der Waals surface area contributed by atoms with Crippen molar-refractivity contribution < 1.29 is 13.3 Å². The number of hydrogen-bond acceptors (Lipinski definition) is 6. The van der Waals surface area contributed by atoms with Crippen LogP contribution in [0.2, 0.25) is 0 Å². The second-order valence-electron chi connectivity index (χ2n) is 6.38. The van der Waals surface area contributed by atoms with Crippen LogP contribution in [0.15, 0.2) is 40.3 Å². The van der Waals surface area contributed by atoms with Gasteiger partial charge in [-0.3, -0.25) is 15.5 Å². The van der Waals surface area contributed by atoms with Gasteiger partial charge in [0.1, 0.15) is 4.90 Å². The van der Waals surface area contributed by atoms with Crippen molar-refractivity contribution in [2.75, 3.05) is 18.5 Å². The van der Waals surface area contributed by atoms with Gasteiger partial charge in [-0.1, -0.05) is 26.0 Å². The lowest BCUT2D eigenvalue weighted by Crippen LogP contribution is -2.34. The Morgan fingerprint density at radius 3 is 2.69 bits per heavy atom. The Morgan fingerprint density at radius 1 is 1.35 bits per heavy atom. The molecule has 3 rings (SSSR count). The van der Waals surface area contributed by atoms with E-state index in [1.54, 1.807) is 13.8 Å². The molecule has 1 fully saturated rings. The summed E-state index contributed by atoms with van der Waals surface area (Å²) in [6.45, 7) is 4.02. The Balaban J connectivity index is 1.94. The lowest BCUT2D eigenvalue weighted by atomic mass is 9.74. The summed E-state index contributed by atoms with van der Waals surface area (Å²) >= 11 is 0. The third-order valence-electron chi connectivity index (χ3n) is 4.98. The van der Waals surface area contributed by atoms with Gasteiger partial charge in [-0.15, -0.1) is 0 Å². The summed E-state index contributed by atoms with van der Waals surface area (Å²) in [6, 6.07) is 3.78. The van der Waals surface area contributed by atoms with Crippen LogP contribution < -0.4 is 5.43 Å². The Bertz CT molecular complexity index is 875. The lowest BCUT2D eigenvalue weighted by Gasteiger charge is -2.32. The zero-order valence-corrected chi connectivity index (χ0v) is 15.6. The summed E-state index contributed by atoms with van der Waals surface area (Å²) in [5.74, 6) is 0.926. The molecule has 0 unspecified atom stereocenters. The van der Waals surface area contributed by atoms with Crippen LogP contribution in [0.1, 0.15) is 26.7 Å². The van der Waals surface area contributed by atoms with Crippen LogP contribution in [0.4, 0.5) is 11.4 Å². The van der Waals surface area contributed by atoms with Crippen molar-refractivity contribution in [2.45, 2.75) is 31.6 Å². The van der Waals surface area contributed by atoms with Crippen LogP contribution in [0, 0.1) is 22.0 Å². The SMILES string of the molecule is CCN(CC)S(=O)(=O)c1cc([N+](=O)[O-])ccc1N/N=C1/C[C@@H]2C=CC[C@H]12. The van der Waals surface area contributed by atoms with Crippen molar-refractivity contribution in [1.29, 1.82) is 0 Å². The van der Waals surface area contributed by atoms with Gasteiger partial charge in [-0.25, -0.2) is 8.42 Å². The Hall–Kier alpha value is -2.26. The molecule has 0 amide bonds. The topological polar surface area (TPSA) is 105 Å². The number of nitrogens with one attached hydrogen (secondary N) is 1. The first kappa shape index (κ1) is 18.5. The van der Waals surface area contributed by atoms with Crippen molar-refractivity contribution in [3.63, 3.8) is 0 Å². The minimum absolute atomic E-state index is 0.125. The number of nitro benzene ring substituents is 1. The second kappa shape index (κ2) is 7.16. The van der Waals surface area contributed by atoms with Gasteiger partial charge in [0.25, 0.3) is 5.69 Å². The first-order valence-corrected chi connectivity index (χ1v) is 10.1. The molecule has 1 saturated carbocycles. The van der Waals surface area contributed by atoms with E-state index in [1.807, 2.05) is 0 Å². The normalized spacial score (nSPS) is 23.1. The number of benzene rings is 1. The quantitative estimate of drug-likeness (QED) is 0.446. The fourth-order valence-corrected chi connectivity index (χ4v) is 5.05. The average Bonchev–Trinajstić information content (AvgIpc) is 2.96. The van der Waals surface area contributed by atoms with Gasteiger partial charge in [0.2, 0.25) is 10.0 Å². The van der Waals surface area contributed by atoms with E-state index in [0.29, 0.717) is 11.8 Å². The van der Waals surface area contributed by atoms with Crippen molar-refractivity contribution in [2.24, 2.45) is 16.9 Å². The number of nitrogens with zero attached hydrogens (tertiary/aromatic N) is 3. The Morgan fingerprint density at radius 2 is 2.08 bits per heavy atom. The highest BCUT2D eigenvalue weighted by Gasteiger charge is 2.38. The van der Waals surface area contributed by atoms with Gasteiger partial charge >= 0.3 is 0 Å². The molecule has 0 spiro atoms. The molecule has 0 saturated heterocycles. The smallest absolute Gasteiger partial charge is 0.270 e. The molecule has 2 aliphatic rings. The number of sulfonamides is 1. The van der Waals surface area contributed by atoms with Crippen LogP contribution in [-0.4, -0.2) is 36.4 Å². The Kier molecular flexibility index (Phi) is 5.10. The molecular formula is C17H22N4O4S. The summed E-state index contributed by atoms with van der Waals surface area (Å²) in [5.41, 5.74) is 3.83. The second-order valence-corrected chi connectivity index (χ2v) is 8.29. The minimum Gasteiger partial charge on any atom is -0.277 e. The maximum Gasteiger partial charge on any atom is 0.270 e. The Labute approximate surface area is 152 Å². The summed E-state index contributed by atoms with van der Waals surface area (Å²) in [7, 11) is -3.86. The fraction of sp³-hybridized carbons (Fsp3) is 0.471. The van der Waals surface area contributed by atoms with Crippen molar-refractivity contribution in [3.05, 3.63) is 40.5 Å². The highest BCUT2D eigenvalue weighted by molar-refractivity contribution is 7.89. The van der Waals surface area contributed by atoms with E-state index >= 15 is 0 Å². The highest BCUT2D eigenvalue weighted by Crippen LogP contribution is 2.40. The standard InChI is InChI=1S/C17H22N4O4S/c1-3-20(4-2)26(24,25)17-11-13(21(22)23)8-9-15(17)18-19-16-10-12-6-5-7-14(12)16/h5-6,8-9,11-12,14,18H,3-4,7,10H2,1-2H3/b19-16-/t12-,14-/m0/s1. The van der Waals surface area contributed by atoms with E-state index in [2.05, 4.69) is 22.7 Å².